The fourth-order valence-electron chi connectivity index (χ4n) is 12.5. The molecule has 17 nitrogen and oxygen atoms in total. The molecule has 0 aliphatic heterocycles. The second kappa shape index (κ2) is 72.6. The minimum Gasteiger partial charge on any atom is -0.462 e. The first-order valence-corrected chi connectivity index (χ1v) is 45.0. The Kier molecular flexibility index (Phi) is 71.2. The van der Waals surface area contributed by atoms with Crippen LogP contribution in [-0.2, 0) is 65.4 Å². The Morgan fingerprint density at radius 3 is 0.680 bits per heavy atom. The molecule has 0 heterocycles. The van der Waals surface area contributed by atoms with Crippen LogP contribution in [0.2, 0.25) is 0 Å². The lowest BCUT2D eigenvalue weighted by Gasteiger charge is -2.21. The fraction of sp³-hybridized carbons (Fsp3) is 0.951. The molecule has 0 radical (unpaired) electrons. The zero-order chi connectivity index (χ0) is 73.5. The average molecular weight is 1470 g/mol. The lowest BCUT2D eigenvalue weighted by molar-refractivity contribution is -0.161. The molecule has 2 unspecified atom stereocenters. The zero-order valence-electron chi connectivity index (χ0n) is 65.5. The molecule has 594 valence electrons. The first kappa shape index (κ1) is 98.1. The summed E-state index contributed by atoms with van der Waals surface area (Å²) in [6, 6.07) is 0. The number of phosphoric ester groups is 2. The predicted molar refractivity (Wildman–Crippen MR) is 409 cm³/mol. The van der Waals surface area contributed by atoms with Crippen LogP contribution in [0.15, 0.2) is 0 Å². The number of rotatable bonds is 80. The SMILES string of the molecule is CCCCCCCCCCCCCCCCCCCCC(=O)OC[C@H](COP(=O)(O)OC[C@@H](O)COP(=O)(O)OC[C@@H](COC(=O)CCCCCCCCCC(C)C)OC(=O)CCCCCCCCCCCCCCCC)OC(=O)CCCCCCCCCCCCCCCCCC(C)C. The molecule has 0 aliphatic rings. The number of carbonyl (C=O) groups is 4. The number of carbonyl (C=O) groups excluding carboxylic acids is 4. The molecule has 0 saturated heterocycles. The Morgan fingerprint density at radius 2 is 0.460 bits per heavy atom. The zero-order valence-corrected chi connectivity index (χ0v) is 67.3. The largest absolute Gasteiger partial charge is 0.472 e. The fourth-order valence-corrected chi connectivity index (χ4v) is 14.1. The molecule has 0 aromatic rings. The number of phosphoric acid groups is 2. The lowest BCUT2D eigenvalue weighted by Crippen LogP contribution is -2.30. The second-order valence-electron chi connectivity index (χ2n) is 30.1. The number of unbranched alkanes of at least 4 members (excludes halogenated alkanes) is 50. The third-order valence-electron chi connectivity index (χ3n) is 19.0. The van der Waals surface area contributed by atoms with Crippen LogP contribution in [0.5, 0.6) is 0 Å². The first-order valence-electron chi connectivity index (χ1n) is 42.0. The van der Waals surface area contributed by atoms with Gasteiger partial charge in [-0.25, -0.2) is 9.13 Å². The summed E-state index contributed by atoms with van der Waals surface area (Å²) in [7, 11) is -9.92. The lowest BCUT2D eigenvalue weighted by atomic mass is 10.0. The first-order chi connectivity index (χ1) is 48.4. The number of esters is 4. The van der Waals surface area contributed by atoms with Gasteiger partial charge in [0.1, 0.15) is 19.3 Å². The van der Waals surface area contributed by atoms with E-state index in [1.807, 2.05) is 0 Å². The van der Waals surface area contributed by atoms with Crippen LogP contribution < -0.4 is 0 Å². The van der Waals surface area contributed by atoms with E-state index in [0.29, 0.717) is 31.6 Å². The highest BCUT2D eigenvalue weighted by molar-refractivity contribution is 7.47. The molecule has 100 heavy (non-hydrogen) atoms. The van der Waals surface area contributed by atoms with Crippen LogP contribution in [0.1, 0.15) is 427 Å². The summed E-state index contributed by atoms with van der Waals surface area (Å²) in [5.41, 5.74) is 0. The van der Waals surface area contributed by atoms with E-state index in [4.69, 9.17) is 37.0 Å². The highest BCUT2D eigenvalue weighted by atomic mass is 31.2. The van der Waals surface area contributed by atoms with Crippen molar-refractivity contribution in [2.45, 2.75) is 445 Å². The van der Waals surface area contributed by atoms with Gasteiger partial charge in [0.25, 0.3) is 0 Å². The van der Waals surface area contributed by atoms with Gasteiger partial charge >= 0.3 is 39.5 Å². The van der Waals surface area contributed by atoms with E-state index in [0.717, 1.165) is 102 Å². The molecule has 0 aliphatic carbocycles. The van der Waals surface area contributed by atoms with Gasteiger partial charge in [-0.3, -0.25) is 37.3 Å². The molecular formula is C81H158O17P2. The summed E-state index contributed by atoms with van der Waals surface area (Å²) in [4.78, 5) is 73.0. The van der Waals surface area contributed by atoms with E-state index in [9.17, 15) is 43.2 Å². The number of aliphatic hydroxyl groups is 1. The van der Waals surface area contributed by atoms with Gasteiger partial charge in [0.2, 0.25) is 0 Å². The van der Waals surface area contributed by atoms with Gasteiger partial charge in [0.15, 0.2) is 12.2 Å². The van der Waals surface area contributed by atoms with E-state index in [-0.39, 0.29) is 25.7 Å². The Morgan fingerprint density at radius 1 is 0.270 bits per heavy atom. The second-order valence-corrected chi connectivity index (χ2v) is 33.0. The molecule has 19 heteroatoms. The van der Waals surface area contributed by atoms with Gasteiger partial charge in [0.05, 0.1) is 26.4 Å². The minimum atomic E-state index is -4.96. The minimum absolute atomic E-state index is 0.107. The monoisotopic (exact) mass is 1470 g/mol. The molecule has 0 aromatic heterocycles. The van der Waals surface area contributed by atoms with Crippen LogP contribution in [0.25, 0.3) is 0 Å². The summed E-state index contributed by atoms with van der Waals surface area (Å²) in [6.07, 6.45) is 62.5. The third kappa shape index (κ3) is 74.3. The van der Waals surface area contributed by atoms with E-state index in [1.165, 1.54) is 238 Å². The topological polar surface area (TPSA) is 237 Å². The van der Waals surface area contributed by atoms with E-state index < -0.39 is 97.5 Å². The van der Waals surface area contributed by atoms with Crippen molar-refractivity contribution in [3.05, 3.63) is 0 Å². The van der Waals surface area contributed by atoms with Gasteiger partial charge in [0, 0.05) is 25.7 Å². The van der Waals surface area contributed by atoms with Crippen molar-refractivity contribution in [1.82, 2.24) is 0 Å². The Hall–Kier alpha value is -1.94. The Labute approximate surface area is 613 Å². The summed E-state index contributed by atoms with van der Waals surface area (Å²) in [5.74, 6) is -0.600. The molecule has 0 fully saturated rings. The molecule has 0 rings (SSSR count). The number of hydrogen-bond donors (Lipinski definition) is 3. The molecule has 3 N–H and O–H groups in total. The van der Waals surface area contributed by atoms with Crippen molar-refractivity contribution < 1.29 is 80.2 Å². The average Bonchev–Trinajstić information content (AvgIpc) is 0.948. The highest BCUT2D eigenvalue weighted by Gasteiger charge is 2.30. The van der Waals surface area contributed by atoms with Gasteiger partial charge in [-0.2, -0.15) is 0 Å². The normalized spacial score (nSPS) is 13.9. The maximum Gasteiger partial charge on any atom is 0.472 e. The van der Waals surface area contributed by atoms with Crippen molar-refractivity contribution in [3.63, 3.8) is 0 Å². The Balaban J connectivity index is 5.24. The maximum atomic E-state index is 13.1. The van der Waals surface area contributed by atoms with Gasteiger partial charge in [-0.05, 0) is 37.5 Å². The van der Waals surface area contributed by atoms with Crippen LogP contribution in [0, 0.1) is 11.8 Å². The van der Waals surface area contributed by atoms with Crippen molar-refractivity contribution in [2.75, 3.05) is 39.6 Å². The molecule has 0 saturated carbocycles. The molecule has 0 spiro atoms. The van der Waals surface area contributed by atoms with Gasteiger partial charge in [-0.1, -0.05) is 375 Å². The van der Waals surface area contributed by atoms with E-state index in [2.05, 4.69) is 41.5 Å². The number of ether oxygens (including phenoxy) is 4. The smallest absolute Gasteiger partial charge is 0.462 e. The van der Waals surface area contributed by atoms with Crippen molar-refractivity contribution in [3.8, 4) is 0 Å². The summed E-state index contributed by atoms with van der Waals surface area (Å²) < 4.78 is 68.7. The summed E-state index contributed by atoms with van der Waals surface area (Å²) in [6.45, 7) is 9.61. The number of aliphatic hydroxyl groups excluding tert-OH is 1. The van der Waals surface area contributed by atoms with Crippen LogP contribution >= 0.6 is 15.6 Å². The molecule has 0 bridgehead atoms. The van der Waals surface area contributed by atoms with E-state index in [1.54, 1.807) is 0 Å². The summed E-state index contributed by atoms with van der Waals surface area (Å²) in [5, 5.41) is 10.6. The number of hydrogen-bond acceptors (Lipinski definition) is 15. The molecule has 0 amide bonds. The van der Waals surface area contributed by atoms with Crippen LogP contribution in [0.4, 0.5) is 0 Å². The van der Waals surface area contributed by atoms with Crippen LogP contribution in [-0.4, -0.2) is 96.7 Å². The quantitative estimate of drug-likeness (QED) is 0.0222. The predicted octanol–water partition coefficient (Wildman–Crippen LogP) is 24.3. The van der Waals surface area contributed by atoms with Gasteiger partial charge < -0.3 is 33.8 Å². The van der Waals surface area contributed by atoms with Crippen molar-refractivity contribution in [1.29, 1.82) is 0 Å². The van der Waals surface area contributed by atoms with Gasteiger partial charge in [-0.15, -0.1) is 0 Å². The third-order valence-corrected chi connectivity index (χ3v) is 20.9. The summed E-state index contributed by atoms with van der Waals surface area (Å²) >= 11 is 0. The van der Waals surface area contributed by atoms with Crippen LogP contribution in [0.3, 0.4) is 0 Å². The van der Waals surface area contributed by atoms with Crippen molar-refractivity contribution >= 4 is 39.5 Å². The molecular weight excluding hydrogens is 1310 g/mol. The maximum absolute atomic E-state index is 13.1. The van der Waals surface area contributed by atoms with E-state index >= 15 is 0 Å². The van der Waals surface area contributed by atoms with Crippen molar-refractivity contribution in [2.24, 2.45) is 11.8 Å². The molecule has 0 aromatic carbocycles. The standard InChI is InChI=1S/C81H158O17P2/c1-7-9-11-13-15-17-19-21-23-24-25-28-32-35-39-45-51-57-63-78(83)91-69-76(97-80(85)66-60-54-47-41-37-33-29-26-27-30-34-38-43-49-55-61-73(3)4)71-95-99(87,88)93-67-75(82)68-94-100(89,90)96-72-77(70-92-79(84)64-58-52-48-42-44-50-56-62-74(5)6)98-81(86)65-59-53-46-40-36-31-22-20-18-16-14-12-10-8-2/h73-77,82H,7-72H2,1-6H3,(H,87,88)(H,89,90)/t75-,76-,77-/m1/s1. The highest BCUT2D eigenvalue weighted by Crippen LogP contribution is 2.45. The molecule has 5 atom stereocenters. The Bertz CT molecular complexity index is 1920.